The molecule has 31 heavy (non-hydrogen) atoms. The first-order valence-electron chi connectivity index (χ1n) is 10.1. The van der Waals surface area contributed by atoms with E-state index in [-0.39, 0.29) is 6.61 Å². The van der Waals surface area contributed by atoms with Crippen LogP contribution in [-0.4, -0.2) is 37.8 Å². The van der Waals surface area contributed by atoms with Gasteiger partial charge in [-0.2, -0.15) is 0 Å². The van der Waals surface area contributed by atoms with Crippen LogP contribution in [0.1, 0.15) is 31.9 Å². The number of hydrogen-bond donors (Lipinski definition) is 1. The van der Waals surface area contributed by atoms with E-state index in [2.05, 4.69) is 5.32 Å². The zero-order valence-electron chi connectivity index (χ0n) is 18.7. The number of benzene rings is 2. The number of ether oxygens (including phenoxy) is 2. The Kier molecular flexibility index (Phi) is 9.26. The number of amides is 1. The summed E-state index contributed by atoms with van der Waals surface area (Å²) in [6, 6.07) is 19.2. The smallest absolute Gasteiger partial charge is 0.408 e. The van der Waals surface area contributed by atoms with Gasteiger partial charge >= 0.3 is 13.7 Å². The van der Waals surface area contributed by atoms with Crippen molar-refractivity contribution in [1.82, 2.24) is 5.32 Å². The molecule has 0 fully saturated rings. The van der Waals surface area contributed by atoms with Crippen molar-refractivity contribution >= 4 is 13.7 Å². The molecule has 0 bridgehead atoms. The average Bonchev–Trinajstić information content (AvgIpc) is 2.75. The van der Waals surface area contributed by atoms with Gasteiger partial charge in [0, 0.05) is 20.6 Å². The fourth-order valence-corrected chi connectivity index (χ4v) is 4.46. The van der Waals surface area contributed by atoms with Crippen LogP contribution < -0.4 is 5.32 Å². The molecule has 2 atom stereocenters. The van der Waals surface area contributed by atoms with E-state index in [4.69, 9.17) is 18.5 Å². The lowest BCUT2D eigenvalue weighted by molar-refractivity contribution is 0.0149. The molecule has 0 saturated heterocycles. The molecule has 0 aliphatic rings. The molecule has 8 heteroatoms. The van der Waals surface area contributed by atoms with Crippen LogP contribution in [0.5, 0.6) is 0 Å². The lowest BCUT2D eigenvalue weighted by Crippen LogP contribution is -2.47. The van der Waals surface area contributed by atoms with Gasteiger partial charge in [-0.05, 0) is 31.9 Å². The van der Waals surface area contributed by atoms with E-state index < -0.39 is 31.2 Å². The van der Waals surface area contributed by atoms with Crippen molar-refractivity contribution in [2.75, 3.05) is 14.2 Å². The molecule has 1 amide bonds. The fourth-order valence-electron chi connectivity index (χ4n) is 2.99. The van der Waals surface area contributed by atoms with Crippen molar-refractivity contribution in [3.05, 3.63) is 71.8 Å². The average molecular weight is 449 g/mol. The van der Waals surface area contributed by atoms with Crippen LogP contribution in [-0.2, 0) is 36.1 Å². The lowest BCUT2D eigenvalue weighted by Gasteiger charge is -2.32. The molecule has 0 heterocycles. The highest BCUT2D eigenvalue weighted by Crippen LogP contribution is 2.52. The van der Waals surface area contributed by atoms with Crippen molar-refractivity contribution in [2.24, 2.45) is 0 Å². The minimum absolute atomic E-state index is 0.262. The number of carbonyl (C=O) groups is 1. The summed E-state index contributed by atoms with van der Waals surface area (Å²) in [4.78, 5) is 12.6. The second-order valence-corrected chi connectivity index (χ2v) is 10.4. The Morgan fingerprint density at radius 2 is 1.45 bits per heavy atom. The van der Waals surface area contributed by atoms with E-state index in [0.717, 1.165) is 11.1 Å². The molecule has 2 aromatic rings. The van der Waals surface area contributed by atoms with Gasteiger partial charge in [-0.1, -0.05) is 60.7 Å². The van der Waals surface area contributed by atoms with Gasteiger partial charge in [0.1, 0.15) is 5.60 Å². The number of hydrogen-bond acceptors (Lipinski definition) is 6. The Morgan fingerprint density at radius 1 is 0.935 bits per heavy atom. The van der Waals surface area contributed by atoms with Gasteiger partial charge in [0.15, 0.2) is 5.78 Å². The zero-order valence-corrected chi connectivity index (χ0v) is 19.6. The summed E-state index contributed by atoms with van der Waals surface area (Å²) in [6.45, 7) is 5.52. The standard InChI is InChI=1S/C23H32NO6P/c1-23(2,3)30-22(25)24-21(31(26,27-4)28-5)20(16-18-12-8-6-9-13-18)29-17-19-14-10-7-11-15-19/h6-15,20-21H,16-17H2,1-5H3,(H,24,25)/t20-,21+/m0/s1. The molecule has 0 aliphatic carbocycles. The summed E-state index contributed by atoms with van der Waals surface area (Å²) in [7, 11) is -1.20. The predicted molar refractivity (Wildman–Crippen MR) is 120 cm³/mol. The van der Waals surface area contributed by atoms with E-state index in [9.17, 15) is 9.36 Å². The first-order chi connectivity index (χ1) is 14.7. The topological polar surface area (TPSA) is 83.1 Å². The first kappa shape index (κ1) is 25.1. The minimum atomic E-state index is -3.76. The predicted octanol–water partition coefficient (Wildman–Crippen LogP) is 5.15. The number of rotatable bonds is 10. The van der Waals surface area contributed by atoms with E-state index in [1.54, 1.807) is 20.8 Å². The van der Waals surface area contributed by atoms with Crippen LogP contribution in [0.15, 0.2) is 60.7 Å². The maximum Gasteiger partial charge on any atom is 0.408 e. The Hall–Kier alpha value is -2.18. The van der Waals surface area contributed by atoms with Crippen molar-refractivity contribution in [1.29, 1.82) is 0 Å². The third-order valence-corrected chi connectivity index (χ3v) is 6.61. The van der Waals surface area contributed by atoms with Crippen LogP contribution in [0.4, 0.5) is 4.79 Å². The fraction of sp³-hybridized carbons (Fsp3) is 0.435. The molecule has 7 nitrogen and oxygen atoms in total. The minimum Gasteiger partial charge on any atom is -0.444 e. The summed E-state index contributed by atoms with van der Waals surface area (Å²) >= 11 is 0. The van der Waals surface area contributed by atoms with Crippen LogP contribution >= 0.6 is 7.60 Å². The van der Waals surface area contributed by atoms with Crippen molar-refractivity contribution in [3.63, 3.8) is 0 Å². The van der Waals surface area contributed by atoms with E-state index in [0.29, 0.717) is 6.42 Å². The molecule has 0 radical (unpaired) electrons. The highest BCUT2D eigenvalue weighted by molar-refractivity contribution is 7.54. The van der Waals surface area contributed by atoms with Gasteiger partial charge in [0.25, 0.3) is 0 Å². The number of carbonyl (C=O) groups excluding carboxylic acids is 1. The van der Waals surface area contributed by atoms with E-state index in [1.165, 1.54) is 14.2 Å². The van der Waals surface area contributed by atoms with Crippen LogP contribution in [0.3, 0.4) is 0 Å². The highest BCUT2D eigenvalue weighted by atomic mass is 31.2. The van der Waals surface area contributed by atoms with Gasteiger partial charge in [-0.3, -0.25) is 4.57 Å². The number of alkyl carbamates (subject to hydrolysis) is 1. The molecule has 0 unspecified atom stereocenters. The molecule has 170 valence electrons. The molecule has 0 aromatic heterocycles. The molecular weight excluding hydrogens is 417 g/mol. The Morgan fingerprint density at radius 3 is 1.94 bits per heavy atom. The third kappa shape index (κ3) is 8.11. The van der Waals surface area contributed by atoms with E-state index in [1.807, 2.05) is 60.7 Å². The number of nitrogens with one attached hydrogen (secondary N) is 1. The highest BCUT2D eigenvalue weighted by Gasteiger charge is 2.43. The molecule has 1 N–H and O–H groups in total. The summed E-state index contributed by atoms with van der Waals surface area (Å²) in [5, 5.41) is 2.67. The van der Waals surface area contributed by atoms with Gasteiger partial charge in [-0.15, -0.1) is 0 Å². The molecule has 0 spiro atoms. The van der Waals surface area contributed by atoms with Gasteiger partial charge < -0.3 is 23.8 Å². The SMILES string of the molecule is COP(=O)(OC)[C@@H](NC(=O)OC(C)(C)C)[C@H](Cc1ccccc1)OCc1ccccc1. The molecule has 2 aromatic carbocycles. The maximum absolute atomic E-state index is 13.4. The van der Waals surface area contributed by atoms with Gasteiger partial charge in [0.2, 0.25) is 0 Å². The van der Waals surface area contributed by atoms with Crippen molar-refractivity contribution in [3.8, 4) is 0 Å². The Labute approximate surface area is 184 Å². The zero-order chi connectivity index (χ0) is 22.9. The quantitative estimate of drug-likeness (QED) is 0.505. The molecular formula is C23H32NO6P. The van der Waals surface area contributed by atoms with Gasteiger partial charge in [0.05, 0.1) is 12.7 Å². The van der Waals surface area contributed by atoms with Crippen LogP contribution in [0.25, 0.3) is 0 Å². The molecule has 0 aliphatic heterocycles. The summed E-state index contributed by atoms with van der Waals surface area (Å²) in [5.41, 5.74) is 1.18. The van der Waals surface area contributed by atoms with E-state index >= 15 is 0 Å². The van der Waals surface area contributed by atoms with Crippen LogP contribution in [0.2, 0.25) is 0 Å². The largest absolute Gasteiger partial charge is 0.444 e. The third-order valence-electron chi connectivity index (χ3n) is 4.45. The van der Waals surface area contributed by atoms with Crippen molar-refractivity contribution < 1.29 is 27.9 Å². The Balaban J connectivity index is 2.34. The summed E-state index contributed by atoms with van der Waals surface area (Å²) in [5.74, 6) is -1.08. The lowest BCUT2D eigenvalue weighted by atomic mass is 10.1. The second-order valence-electron chi connectivity index (χ2n) is 8.02. The summed E-state index contributed by atoms with van der Waals surface area (Å²) < 4.78 is 35.4. The summed E-state index contributed by atoms with van der Waals surface area (Å²) in [6.07, 6.45) is -1.06. The first-order valence-corrected chi connectivity index (χ1v) is 11.7. The van der Waals surface area contributed by atoms with Crippen LogP contribution in [0, 0.1) is 0 Å². The normalized spacial score (nSPS) is 14.0. The Bertz CT molecular complexity index is 845. The van der Waals surface area contributed by atoms with Gasteiger partial charge in [-0.25, -0.2) is 4.79 Å². The maximum atomic E-state index is 13.4. The molecule has 0 saturated carbocycles. The van der Waals surface area contributed by atoms with Crippen molar-refractivity contribution in [2.45, 2.75) is 51.3 Å². The monoisotopic (exact) mass is 449 g/mol. The second kappa shape index (κ2) is 11.4. The molecule has 2 rings (SSSR count).